The Labute approximate surface area is 213 Å². The Kier molecular flexibility index (Phi) is 5.76. The van der Waals surface area contributed by atoms with Gasteiger partial charge in [0.2, 0.25) is 0 Å². The van der Waals surface area contributed by atoms with Crippen LogP contribution in [0.5, 0.6) is 0 Å². The summed E-state index contributed by atoms with van der Waals surface area (Å²) in [5, 5.41) is 22.0. The average Bonchev–Trinajstić information content (AvgIpc) is 2.79. The molecule has 5 aliphatic rings. The van der Waals surface area contributed by atoms with Crippen LogP contribution < -0.4 is 0 Å². The van der Waals surface area contributed by atoms with Crippen LogP contribution in [0.15, 0.2) is 11.6 Å². The predicted molar refractivity (Wildman–Crippen MR) is 138 cm³/mol. The van der Waals surface area contributed by atoms with E-state index in [0.29, 0.717) is 30.1 Å². The number of hydrogen-bond acceptors (Lipinski definition) is 4. The lowest BCUT2D eigenvalue weighted by molar-refractivity contribution is -0.232. The van der Waals surface area contributed by atoms with Crippen molar-refractivity contribution in [2.75, 3.05) is 7.11 Å². The van der Waals surface area contributed by atoms with E-state index in [9.17, 15) is 15.0 Å². The number of fused-ring (bicyclic) bond motifs is 7. The first-order valence-corrected chi connectivity index (χ1v) is 14.4. The minimum atomic E-state index is -0.663. The van der Waals surface area contributed by atoms with E-state index >= 15 is 0 Å². The van der Waals surface area contributed by atoms with E-state index in [1.807, 2.05) is 0 Å². The molecule has 4 nitrogen and oxygen atoms in total. The molecule has 0 unspecified atom stereocenters. The molecule has 5 aliphatic carbocycles. The summed E-state index contributed by atoms with van der Waals surface area (Å²) in [6.07, 6.45) is 9.19. The van der Waals surface area contributed by atoms with Gasteiger partial charge in [-0.2, -0.15) is 0 Å². The highest BCUT2D eigenvalue weighted by atomic mass is 16.5. The molecule has 11 atom stereocenters. The van der Waals surface area contributed by atoms with Gasteiger partial charge in [0, 0.05) is 0 Å². The molecule has 0 heterocycles. The summed E-state index contributed by atoms with van der Waals surface area (Å²) >= 11 is 0. The van der Waals surface area contributed by atoms with Crippen molar-refractivity contribution in [3.63, 3.8) is 0 Å². The van der Waals surface area contributed by atoms with Crippen LogP contribution in [0.1, 0.15) is 99.8 Å². The quantitative estimate of drug-likeness (QED) is 0.345. The number of aliphatic hydroxyl groups excluding tert-OH is 2. The van der Waals surface area contributed by atoms with E-state index in [0.717, 1.165) is 44.9 Å². The molecule has 0 radical (unpaired) electrons. The second-order valence-electron chi connectivity index (χ2n) is 14.8. The second kappa shape index (κ2) is 7.82. The predicted octanol–water partition coefficient (Wildman–Crippen LogP) is 6.15. The lowest BCUT2D eigenvalue weighted by Gasteiger charge is -2.71. The first kappa shape index (κ1) is 25.8. The molecule has 0 spiro atoms. The Hall–Kier alpha value is -0.870. The third-order valence-electron chi connectivity index (χ3n) is 13.5. The number of ether oxygens (including phenoxy) is 1. The van der Waals surface area contributed by atoms with E-state index < -0.39 is 12.2 Å². The summed E-state index contributed by atoms with van der Waals surface area (Å²) in [5.74, 6) is 2.21. The molecule has 2 N–H and O–H groups in total. The summed E-state index contributed by atoms with van der Waals surface area (Å²) < 4.78 is 5.49. The van der Waals surface area contributed by atoms with Crippen molar-refractivity contribution in [1.29, 1.82) is 0 Å². The van der Waals surface area contributed by atoms with Crippen LogP contribution in [-0.2, 0) is 9.53 Å². The number of esters is 1. The molecule has 0 saturated heterocycles. The topological polar surface area (TPSA) is 66.8 Å². The van der Waals surface area contributed by atoms with Crippen LogP contribution in [0, 0.1) is 56.7 Å². The van der Waals surface area contributed by atoms with Crippen LogP contribution in [0.3, 0.4) is 0 Å². The molecule has 0 aliphatic heterocycles. The summed E-state index contributed by atoms with van der Waals surface area (Å²) in [6, 6.07) is 0. The van der Waals surface area contributed by atoms with Gasteiger partial charge < -0.3 is 14.9 Å². The van der Waals surface area contributed by atoms with Gasteiger partial charge in [-0.1, -0.05) is 60.1 Å². The van der Waals surface area contributed by atoms with Crippen LogP contribution in [-0.4, -0.2) is 35.5 Å². The lowest BCUT2D eigenvalue weighted by atomic mass is 9.33. The van der Waals surface area contributed by atoms with E-state index in [2.05, 4.69) is 54.5 Å². The fraction of sp³-hybridized carbons (Fsp3) is 0.903. The van der Waals surface area contributed by atoms with Crippen LogP contribution in [0.2, 0.25) is 0 Å². The Bertz CT molecular complexity index is 923. The van der Waals surface area contributed by atoms with Crippen molar-refractivity contribution in [2.24, 2.45) is 56.7 Å². The summed E-state index contributed by atoms with van der Waals surface area (Å²) in [6.45, 7) is 16.6. The molecular formula is C31H50O4. The van der Waals surface area contributed by atoms with Crippen molar-refractivity contribution >= 4 is 5.97 Å². The molecule has 0 aromatic carbocycles. The van der Waals surface area contributed by atoms with Crippen molar-refractivity contribution in [2.45, 2.75) is 112 Å². The number of carbonyl (C=O) groups excluding carboxylic acids is 1. The third kappa shape index (κ3) is 3.02. The van der Waals surface area contributed by atoms with Gasteiger partial charge in [-0.3, -0.25) is 4.79 Å². The van der Waals surface area contributed by atoms with E-state index in [1.165, 1.54) is 0 Å². The van der Waals surface area contributed by atoms with Gasteiger partial charge in [0.25, 0.3) is 0 Å². The number of rotatable bonds is 1. The van der Waals surface area contributed by atoms with Crippen molar-refractivity contribution < 1.29 is 19.7 Å². The van der Waals surface area contributed by atoms with Gasteiger partial charge in [-0.15, -0.1) is 0 Å². The number of methoxy groups -OCH3 is 1. The van der Waals surface area contributed by atoms with Gasteiger partial charge in [-0.25, -0.2) is 0 Å². The smallest absolute Gasteiger partial charge is 0.312 e. The Morgan fingerprint density at radius 2 is 1.66 bits per heavy atom. The van der Waals surface area contributed by atoms with Gasteiger partial charge in [-0.05, 0) is 103 Å². The van der Waals surface area contributed by atoms with Crippen molar-refractivity contribution in [3.8, 4) is 0 Å². The average molecular weight is 487 g/mol. The maximum Gasteiger partial charge on any atom is 0.312 e. The van der Waals surface area contributed by atoms with Gasteiger partial charge in [0.1, 0.15) is 0 Å². The molecule has 0 aromatic heterocycles. The number of aliphatic hydroxyl groups is 2. The van der Waals surface area contributed by atoms with Crippen LogP contribution >= 0.6 is 0 Å². The normalized spacial score (nSPS) is 54.9. The minimum Gasteiger partial charge on any atom is -0.469 e. The first-order chi connectivity index (χ1) is 16.2. The van der Waals surface area contributed by atoms with E-state index in [1.54, 1.807) is 12.7 Å². The van der Waals surface area contributed by atoms with Crippen molar-refractivity contribution in [1.82, 2.24) is 0 Å². The van der Waals surface area contributed by atoms with Gasteiger partial charge in [0.15, 0.2) is 0 Å². The number of carbonyl (C=O) groups is 1. The zero-order chi connectivity index (χ0) is 25.8. The highest BCUT2D eigenvalue weighted by Crippen LogP contribution is 2.75. The molecule has 0 amide bonds. The van der Waals surface area contributed by atoms with Gasteiger partial charge >= 0.3 is 5.97 Å². The second-order valence-corrected chi connectivity index (χ2v) is 14.8. The van der Waals surface area contributed by atoms with Crippen LogP contribution in [0.25, 0.3) is 0 Å². The molecule has 4 fully saturated rings. The number of hydrogen-bond donors (Lipinski definition) is 2. The number of allylic oxidation sites excluding steroid dienone is 2. The van der Waals surface area contributed by atoms with Crippen molar-refractivity contribution in [3.05, 3.63) is 11.6 Å². The molecular weight excluding hydrogens is 436 g/mol. The monoisotopic (exact) mass is 486 g/mol. The summed E-state index contributed by atoms with van der Waals surface area (Å²) in [5.41, 5.74) is 1.03. The molecule has 198 valence electrons. The fourth-order valence-corrected chi connectivity index (χ4v) is 11.2. The Morgan fingerprint density at radius 1 is 0.971 bits per heavy atom. The standard InChI is InChI=1S/C31H50O4/c1-18-11-14-31(26(34)35-8)16-15-29(6)20(24(31)19(18)2)9-10-23-28(5)17-21(32)25(33)27(3,4)22(28)12-13-30(23,29)7/h9,18-19,21-25,32-33H,10-17H2,1-8H3/t18-,19+,21-,22+,23+,24+,25+,28+,29-,30-,31+/m1/s1. The summed E-state index contributed by atoms with van der Waals surface area (Å²) in [4.78, 5) is 13.4. The fourth-order valence-electron chi connectivity index (χ4n) is 11.2. The Morgan fingerprint density at radius 3 is 2.31 bits per heavy atom. The minimum absolute atomic E-state index is 0.0114. The summed E-state index contributed by atoms with van der Waals surface area (Å²) in [7, 11) is 1.57. The highest BCUT2D eigenvalue weighted by molar-refractivity contribution is 5.78. The molecule has 4 saturated carbocycles. The SMILES string of the molecule is COC(=O)[C@]12CC[C@@H](C)[C@H](C)[C@H]1C1=CC[C@H]3[C@@]4(C)C[C@@H](O)[C@H](O)C(C)(C)[C@@H]4CC[C@@]3(C)[C@]1(C)CC2. The largest absolute Gasteiger partial charge is 0.469 e. The molecule has 35 heavy (non-hydrogen) atoms. The maximum atomic E-state index is 13.4. The molecule has 5 rings (SSSR count). The molecule has 0 bridgehead atoms. The highest BCUT2D eigenvalue weighted by Gasteiger charge is 2.70. The van der Waals surface area contributed by atoms with E-state index in [4.69, 9.17) is 4.74 Å². The van der Waals surface area contributed by atoms with Crippen LogP contribution in [0.4, 0.5) is 0 Å². The molecule has 0 aromatic rings. The molecule has 4 heteroatoms. The zero-order valence-corrected chi connectivity index (χ0v) is 23.5. The first-order valence-electron chi connectivity index (χ1n) is 14.4. The van der Waals surface area contributed by atoms with Gasteiger partial charge in [0.05, 0.1) is 24.7 Å². The third-order valence-corrected chi connectivity index (χ3v) is 13.5. The lowest BCUT2D eigenvalue weighted by Crippen LogP contribution is -2.67. The maximum absolute atomic E-state index is 13.4. The Balaban J connectivity index is 1.62. The zero-order valence-electron chi connectivity index (χ0n) is 23.5. The van der Waals surface area contributed by atoms with E-state index in [-0.39, 0.29) is 39.0 Å².